The maximum atomic E-state index is 15.1. The van der Waals surface area contributed by atoms with E-state index in [9.17, 15) is 14.7 Å². The van der Waals surface area contributed by atoms with Crippen molar-refractivity contribution in [3.05, 3.63) is 87.1 Å². The van der Waals surface area contributed by atoms with E-state index in [1.165, 1.54) is 5.57 Å². The molecule has 3 rings (SSSR count). The number of aryl methyl sites for hydroxylation is 2. The molecule has 2 aliphatic rings. The summed E-state index contributed by atoms with van der Waals surface area (Å²) in [6.45, 7) is 22.3. The summed E-state index contributed by atoms with van der Waals surface area (Å²) in [6.07, 6.45) is 12.7. The Labute approximate surface area is 272 Å². The number of hydrogen-bond acceptors (Lipinski definition) is 4. The van der Waals surface area contributed by atoms with E-state index in [4.69, 9.17) is 0 Å². The number of unbranched alkanes of at least 4 members (excludes halogenated alkanes) is 1. The fraction of sp³-hybridized carbons (Fsp3) is 0.537. The Morgan fingerprint density at radius 3 is 2.02 bits per heavy atom. The SMILES string of the molecule is CC(C)=CCCCC(C)=CC[C@]12C[C@H](CC=C(C)C)C(C)(C)[C@](CC=C(C)C)(C(=O)C(=C(O)c3ccc(C)c(C)c3)C1=O)C2=O. The summed E-state index contributed by atoms with van der Waals surface area (Å²) >= 11 is 0. The van der Waals surface area contributed by atoms with Crippen LogP contribution in [0.5, 0.6) is 0 Å². The third-order valence-electron chi connectivity index (χ3n) is 10.6. The van der Waals surface area contributed by atoms with Crippen molar-refractivity contribution >= 4 is 23.1 Å². The molecular weight excluding hydrogens is 556 g/mol. The molecule has 0 radical (unpaired) electrons. The summed E-state index contributed by atoms with van der Waals surface area (Å²) in [7, 11) is 0. The first-order chi connectivity index (χ1) is 20.9. The van der Waals surface area contributed by atoms with Crippen molar-refractivity contribution in [3.63, 3.8) is 0 Å². The molecule has 0 spiro atoms. The third-order valence-corrected chi connectivity index (χ3v) is 10.6. The molecule has 2 bridgehead atoms. The largest absolute Gasteiger partial charge is 0.506 e. The molecular formula is C41H56O4. The highest BCUT2D eigenvalue weighted by Crippen LogP contribution is 2.65. The minimum absolute atomic E-state index is 0.0831. The lowest BCUT2D eigenvalue weighted by atomic mass is 9.38. The van der Waals surface area contributed by atoms with Gasteiger partial charge in [-0.3, -0.25) is 14.4 Å². The van der Waals surface area contributed by atoms with E-state index in [-0.39, 0.29) is 35.9 Å². The molecule has 0 saturated heterocycles. The molecule has 4 nitrogen and oxygen atoms in total. The van der Waals surface area contributed by atoms with Crippen LogP contribution in [-0.2, 0) is 14.4 Å². The van der Waals surface area contributed by atoms with Gasteiger partial charge in [-0.25, -0.2) is 0 Å². The van der Waals surface area contributed by atoms with E-state index < -0.39 is 27.8 Å². The number of Topliss-reactive ketones (excluding diaryl/α,β-unsaturated/α-hetero) is 3. The Hall–Kier alpha value is -3.27. The molecule has 1 aromatic carbocycles. The van der Waals surface area contributed by atoms with Gasteiger partial charge in [0.05, 0.1) is 5.41 Å². The van der Waals surface area contributed by atoms with Crippen molar-refractivity contribution in [1.82, 2.24) is 0 Å². The van der Waals surface area contributed by atoms with Crippen molar-refractivity contribution in [1.29, 1.82) is 0 Å². The molecule has 2 fully saturated rings. The molecule has 1 N–H and O–H groups in total. The van der Waals surface area contributed by atoms with E-state index in [1.807, 2.05) is 59.8 Å². The molecule has 45 heavy (non-hydrogen) atoms. The molecule has 0 aromatic heterocycles. The maximum Gasteiger partial charge on any atom is 0.184 e. The van der Waals surface area contributed by atoms with Gasteiger partial charge in [-0.05, 0) is 136 Å². The first kappa shape index (κ1) is 36.2. The average Bonchev–Trinajstić information content (AvgIpc) is 2.95. The first-order valence-corrected chi connectivity index (χ1v) is 16.6. The topological polar surface area (TPSA) is 71.4 Å². The molecule has 2 aliphatic carbocycles. The number of hydrogen-bond donors (Lipinski definition) is 1. The Morgan fingerprint density at radius 2 is 1.44 bits per heavy atom. The van der Waals surface area contributed by atoms with Crippen molar-refractivity contribution in [2.75, 3.05) is 0 Å². The molecule has 244 valence electrons. The summed E-state index contributed by atoms with van der Waals surface area (Å²) in [5.74, 6) is -1.72. The third kappa shape index (κ3) is 6.95. The smallest absolute Gasteiger partial charge is 0.184 e. The minimum atomic E-state index is -1.48. The molecule has 0 aliphatic heterocycles. The zero-order chi connectivity index (χ0) is 33.9. The van der Waals surface area contributed by atoms with Gasteiger partial charge in [0.25, 0.3) is 0 Å². The summed E-state index contributed by atoms with van der Waals surface area (Å²) in [6, 6.07) is 5.46. The number of ketones is 3. The van der Waals surface area contributed by atoms with Crippen molar-refractivity contribution < 1.29 is 19.5 Å². The van der Waals surface area contributed by atoms with Crippen LogP contribution in [-0.4, -0.2) is 22.5 Å². The number of carbonyl (C=O) groups is 3. The first-order valence-electron chi connectivity index (χ1n) is 16.6. The molecule has 2 saturated carbocycles. The summed E-state index contributed by atoms with van der Waals surface area (Å²) in [5.41, 5.74) is 3.15. The lowest BCUT2D eigenvalue weighted by molar-refractivity contribution is -0.176. The fourth-order valence-corrected chi connectivity index (χ4v) is 7.27. The number of allylic oxidation sites excluding steroid dienone is 9. The van der Waals surface area contributed by atoms with Gasteiger partial charge in [0, 0.05) is 5.56 Å². The zero-order valence-electron chi connectivity index (χ0n) is 29.7. The number of carbonyl (C=O) groups excluding carboxylic acids is 3. The Bertz CT molecular complexity index is 1500. The monoisotopic (exact) mass is 612 g/mol. The van der Waals surface area contributed by atoms with Crippen LogP contribution in [0.4, 0.5) is 0 Å². The molecule has 0 amide bonds. The van der Waals surface area contributed by atoms with Crippen LogP contribution >= 0.6 is 0 Å². The Morgan fingerprint density at radius 1 is 0.822 bits per heavy atom. The number of fused-ring (bicyclic) bond motifs is 2. The second-order valence-electron chi connectivity index (χ2n) is 15.1. The summed E-state index contributed by atoms with van der Waals surface area (Å²) < 4.78 is 0. The lowest BCUT2D eigenvalue weighted by Gasteiger charge is -2.60. The average molecular weight is 613 g/mol. The number of aliphatic hydroxyl groups excluding tert-OH is 1. The van der Waals surface area contributed by atoms with Gasteiger partial charge in [0.1, 0.15) is 16.7 Å². The molecule has 0 unspecified atom stereocenters. The van der Waals surface area contributed by atoms with E-state index in [1.54, 1.807) is 6.07 Å². The highest BCUT2D eigenvalue weighted by atomic mass is 16.3. The van der Waals surface area contributed by atoms with Crippen molar-refractivity contribution in [2.24, 2.45) is 22.2 Å². The van der Waals surface area contributed by atoms with Gasteiger partial charge < -0.3 is 5.11 Å². The van der Waals surface area contributed by atoms with Crippen LogP contribution < -0.4 is 0 Å². The van der Waals surface area contributed by atoms with E-state index >= 15 is 4.79 Å². The lowest BCUT2D eigenvalue weighted by Crippen LogP contribution is -2.69. The van der Waals surface area contributed by atoms with Gasteiger partial charge in [0.15, 0.2) is 17.3 Å². The Balaban J connectivity index is 2.33. The van der Waals surface area contributed by atoms with Crippen LogP contribution in [0.15, 0.2) is 70.4 Å². The standard InChI is InChI=1S/C41H56O4/c1-26(2)14-12-13-15-29(7)21-22-40-25-33(19-16-27(3)4)39(10,11)41(38(40)45,23-20-28(5)6)37(44)34(36(40)43)35(42)32-18-17-30(8)31(9)24-32/h14,16-18,20-21,24,33,42H,12-13,15,19,22-23,25H2,1-11H3/t33-,40-,41+/m0/s1. The van der Waals surface area contributed by atoms with Crippen molar-refractivity contribution in [3.8, 4) is 0 Å². The quantitative estimate of drug-likeness (QED) is 0.0674. The predicted molar refractivity (Wildman–Crippen MR) is 187 cm³/mol. The molecule has 0 heterocycles. The second kappa shape index (κ2) is 14.0. The fourth-order valence-electron chi connectivity index (χ4n) is 7.27. The molecule has 4 heteroatoms. The van der Waals surface area contributed by atoms with Crippen LogP contribution in [0.3, 0.4) is 0 Å². The number of rotatable bonds is 11. The van der Waals surface area contributed by atoms with Gasteiger partial charge in [-0.1, -0.05) is 72.6 Å². The van der Waals surface area contributed by atoms with Crippen LogP contribution in [0.25, 0.3) is 5.76 Å². The Kier molecular flexibility index (Phi) is 11.3. The summed E-state index contributed by atoms with van der Waals surface area (Å²) in [4.78, 5) is 44.9. The highest BCUT2D eigenvalue weighted by Gasteiger charge is 2.73. The van der Waals surface area contributed by atoms with E-state index in [0.717, 1.165) is 47.1 Å². The maximum absolute atomic E-state index is 15.1. The zero-order valence-corrected chi connectivity index (χ0v) is 29.7. The predicted octanol–water partition coefficient (Wildman–Crippen LogP) is 10.5. The van der Waals surface area contributed by atoms with Crippen LogP contribution in [0, 0.1) is 36.0 Å². The van der Waals surface area contributed by atoms with Gasteiger partial charge >= 0.3 is 0 Å². The van der Waals surface area contributed by atoms with Crippen molar-refractivity contribution in [2.45, 2.75) is 121 Å². The van der Waals surface area contributed by atoms with Gasteiger partial charge in [-0.2, -0.15) is 0 Å². The van der Waals surface area contributed by atoms with E-state index in [2.05, 4.69) is 52.8 Å². The van der Waals surface area contributed by atoms with Gasteiger partial charge in [0.2, 0.25) is 0 Å². The van der Waals surface area contributed by atoms with Gasteiger partial charge in [-0.15, -0.1) is 0 Å². The van der Waals surface area contributed by atoms with Crippen LogP contribution in [0.2, 0.25) is 0 Å². The van der Waals surface area contributed by atoms with E-state index in [0.29, 0.717) is 18.4 Å². The second-order valence-corrected chi connectivity index (χ2v) is 15.1. The highest BCUT2D eigenvalue weighted by molar-refractivity contribution is 6.41. The normalized spacial score (nSPS) is 25.5. The number of aliphatic hydroxyl groups is 1. The van der Waals surface area contributed by atoms with Crippen LogP contribution in [0.1, 0.15) is 124 Å². The number of benzene rings is 1. The molecule has 1 aromatic rings. The minimum Gasteiger partial charge on any atom is -0.506 e. The molecule has 3 atom stereocenters. The summed E-state index contributed by atoms with van der Waals surface area (Å²) in [5, 5.41) is 11.8.